The van der Waals surface area contributed by atoms with Crippen molar-refractivity contribution in [3.05, 3.63) is 16.3 Å². The van der Waals surface area contributed by atoms with Gasteiger partial charge in [-0.05, 0) is 12.8 Å². The van der Waals surface area contributed by atoms with E-state index in [1.807, 2.05) is 0 Å². The van der Waals surface area contributed by atoms with Gasteiger partial charge in [0.15, 0.2) is 0 Å². The maximum atomic E-state index is 11.6. The minimum absolute atomic E-state index is 0.303. The molecule has 1 rings (SSSR count). The van der Waals surface area contributed by atoms with Gasteiger partial charge in [0.25, 0.3) is 0 Å². The summed E-state index contributed by atoms with van der Waals surface area (Å²) in [6.07, 6.45) is 3.10. The summed E-state index contributed by atoms with van der Waals surface area (Å²) in [5.74, 6) is -0.450. The minimum atomic E-state index is -0.450. The van der Waals surface area contributed by atoms with Crippen molar-refractivity contribution in [2.24, 2.45) is 0 Å². The maximum absolute atomic E-state index is 11.6. The van der Waals surface area contributed by atoms with Gasteiger partial charge in [-0.3, -0.25) is 0 Å². The van der Waals surface area contributed by atoms with Gasteiger partial charge in [0.05, 0.1) is 18.4 Å². The first-order valence-corrected chi connectivity index (χ1v) is 8.00. The summed E-state index contributed by atoms with van der Waals surface area (Å²) in [5.41, 5.74) is 0.858. The molecule has 0 fully saturated rings. The number of halogens is 1. The number of amides is 2. The molecule has 0 aromatic carbocycles. The molecule has 5 nitrogen and oxygen atoms in total. The van der Waals surface area contributed by atoms with Crippen LogP contribution in [0.15, 0.2) is 10.8 Å². The van der Waals surface area contributed by atoms with Crippen molar-refractivity contribution in [2.45, 2.75) is 19.3 Å². The summed E-state index contributed by atoms with van der Waals surface area (Å²) < 4.78 is 4.63. The summed E-state index contributed by atoms with van der Waals surface area (Å²) in [6, 6.07) is -0.303. The number of urea groups is 1. The fourth-order valence-corrected chi connectivity index (χ4v) is 2.57. The highest BCUT2D eigenvalue weighted by Crippen LogP contribution is 2.21. The monoisotopic (exact) mass is 348 g/mol. The molecule has 2 N–H and O–H groups in total. The average Bonchev–Trinajstić information content (AvgIpc) is 2.85. The molecule has 0 aliphatic rings. The predicted octanol–water partition coefficient (Wildman–Crippen LogP) is 3.22. The molecule has 0 aliphatic carbocycles. The smallest absolute Gasteiger partial charge is 0.340 e. The van der Waals surface area contributed by atoms with Crippen molar-refractivity contribution >= 4 is 45.0 Å². The Morgan fingerprint density at radius 3 is 2.79 bits per heavy atom. The van der Waals surface area contributed by atoms with Crippen molar-refractivity contribution in [3.63, 3.8) is 0 Å². The molecule has 0 bridgehead atoms. The van der Waals surface area contributed by atoms with Crippen LogP contribution in [-0.2, 0) is 4.74 Å². The van der Waals surface area contributed by atoms with Crippen LogP contribution in [0.2, 0.25) is 0 Å². The number of alkyl halides is 1. The van der Waals surface area contributed by atoms with Crippen molar-refractivity contribution in [2.75, 3.05) is 24.3 Å². The molecule has 1 aromatic heterocycles. The van der Waals surface area contributed by atoms with Gasteiger partial charge in [-0.25, -0.2) is 9.59 Å². The van der Waals surface area contributed by atoms with Gasteiger partial charge >= 0.3 is 12.0 Å². The fraction of sp³-hybridized carbons (Fsp3) is 0.500. The molecular formula is C12H17BrN2O3S. The number of anilines is 1. The Morgan fingerprint density at radius 1 is 1.32 bits per heavy atom. The van der Waals surface area contributed by atoms with Gasteiger partial charge in [-0.1, -0.05) is 22.4 Å². The Labute approximate surface area is 124 Å². The highest BCUT2D eigenvalue weighted by atomic mass is 79.9. The number of thiophene rings is 1. The number of ether oxygens (including phenoxy) is 1. The zero-order chi connectivity index (χ0) is 14.1. The SMILES string of the molecule is COC(=O)c1cscc1NC(=O)NCCCCCBr. The van der Waals surface area contributed by atoms with Crippen LogP contribution in [0.3, 0.4) is 0 Å². The molecule has 0 saturated heterocycles. The van der Waals surface area contributed by atoms with E-state index in [4.69, 9.17) is 0 Å². The molecule has 0 atom stereocenters. The highest BCUT2D eigenvalue weighted by molar-refractivity contribution is 9.09. The van der Waals surface area contributed by atoms with Crippen LogP contribution in [0.4, 0.5) is 10.5 Å². The third-order valence-corrected chi connectivity index (χ3v) is 3.72. The summed E-state index contributed by atoms with van der Waals surface area (Å²) in [5, 5.41) is 9.74. The Hall–Kier alpha value is -1.08. The second-order valence-corrected chi connectivity index (χ2v) is 5.36. The summed E-state index contributed by atoms with van der Waals surface area (Å²) in [7, 11) is 1.31. The fourth-order valence-electron chi connectivity index (χ4n) is 1.43. The first-order chi connectivity index (χ1) is 9.19. The molecule has 0 unspecified atom stereocenters. The number of carbonyl (C=O) groups excluding carboxylic acids is 2. The standard InChI is InChI=1S/C12H17BrN2O3S/c1-18-11(16)9-7-19-8-10(9)15-12(17)14-6-4-2-3-5-13/h7-8H,2-6H2,1H3,(H2,14,15,17). The normalized spacial score (nSPS) is 10.0. The molecule has 0 radical (unpaired) electrons. The lowest BCUT2D eigenvalue weighted by Gasteiger charge is -2.07. The molecule has 0 spiro atoms. The Kier molecular flexibility index (Phi) is 7.50. The molecule has 1 aromatic rings. The first kappa shape index (κ1) is 16.0. The van der Waals surface area contributed by atoms with Gasteiger partial charge in [0.1, 0.15) is 0 Å². The van der Waals surface area contributed by atoms with Crippen LogP contribution < -0.4 is 10.6 Å². The zero-order valence-electron chi connectivity index (χ0n) is 10.7. The van der Waals surface area contributed by atoms with E-state index in [2.05, 4.69) is 31.3 Å². The van der Waals surface area contributed by atoms with Crippen LogP contribution in [0.5, 0.6) is 0 Å². The zero-order valence-corrected chi connectivity index (χ0v) is 13.1. The topological polar surface area (TPSA) is 67.4 Å². The molecule has 7 heteroatoms. The van der Waals surface area contributed by atoms with Gasteiger partial charge in [0, 0.05) is 22.6 Å². The lowest BCUT2D eigenvalue weighted by molar-refractivity contribution is 0.0602. The van der Waals surface area contributed by atoms with Gasteiger partial charge in [0.2, 0.25) is 0 Å². The van der Waals surface area contributed by atoms with Crippen molar-refractivity contribution in [3.8, 4) is 0 Å². The van der Waals surface area contributed by atoms with E-state index in [0.29, 0.717) is 17.8 Å². The van der Waals surface area contributed by atoms with Crippen LogP contribution in [0, 0.1) is 0 Å². The van der Waals surface area contributed by atoms with Crippen LogP contribution in [0.1, 0.15) is 29.6 Å². The first-order valence-electron chi connectivity index (χ1n) is 5.94. The molecule has 1 heterocycles. The van der Waals surface area contributed by atoms with Gasteiger partial charge in [-0.15, -0.1) is 11.3 Å². The number of hydrogen-bond acceptors (Lipinski definition) is 4. The largest absolute Gasteiger partial charge is 0.465 e. The number of hydrogen-bond donors (Lipinski definition) is 2. The average molecular weight is 349 g/mol. The van der Waals surface area contributed by atoms with E-state index in [1.165, 1.54) is 18.4 Å². The lowest BCUT2D eigenvalue weighted by Crippen LogP contribution is -2.29. The van der Waals surface area contributed by atoms with Crippen LogP contribution in [0.25, 0.3) is 0 Å². The number of rotatable bonds is 7. The minimum Gasteiger partial charge on any atom is -0.465 e. The third kappa shape index (κ3) is 5.61. The molecule has 0 aliphatic heterocycles. The number of unbranched alkanes of at least 4 members (excludes halogenated alkanes) is 2. The maximum Gasteiger partial charge on any atom is 0.340 e. The van der Waals surface area contributed by atoms with E-state index >= 15 is 0 Å². The van der Waals surface area contributed by atoms with E-state index in [1.54, 1.807) is 10.8 Å². The summed E-state index contributed by atoms with van der Waals surface area (Å²) in [4.78, 5) is 23.0. The van der Waals surface area contributed by atoms with E-state index < -0.39 is 5.97 Å². The number of esters is 1. The van der Waals surface area contributed by atoms with Crippen molar-refractivity contribution in [1.29, 1.82) is 0 Å². The second kappa shape index (κ2) is 8.92. The van der Waals surface area contributed by atoms with E-state index in [0.717, 1.165) is 24.6 Å². The quantitative estimate of drug-likeness (QED) is 0.451. The summed E-state index contributed by atoms with van der Waals surface area (Å²) >= 11 is 4.69. The molecular weight excluding hydrogens is 332 g/mol. The molecule has 106 valence electrons. The highest BCUT2D eigenvalue weighted by Gasteiger charge is 2.14. The van der Waals surface area contributed by atoms with Crippen molar-refractivity contribution in [1.82, 2.24) is 5.32 Å². The molecule has 2 amide bonds. The Morgan fingerprint density at radius 2 is 2.11 bits per heavy atom. The molecule has 19 heavy (non-hydrogen) atoms. The Bertz CT molecular complexity index is 423. The second-order valence-electron chi connectivity index (χ2n) is 3.82. The van der Waals surface area contributed by atoms with Gasteiger partial charge < -0.3 is 15.4 Å². The Balaban J connectivity index is 2.36. The van der Waals surface area contributed by atoms with Crippen molar-refractivity contribution < 1.29 is 14.3 Å². The number of methoxy groups -OCH3 is 1. The predicted molar refractivity (Wildman–Crippen MR) is 80.3 cm³/mol. The van der Waals surface area contributed by atoms with E-state index in [-0.39, 0.29) is 6.03 Å². The lowest BCUT2D eigenvalue weighted by atomic mass is 10.2. The van der Waals surface area contributed by atoms with E-state index in [9.17, 15) is 9.59 Å². The summed E-state index contributed by atoms with van der Waals surface area (Å²) in [6.45, 7) is 0.622. The third-order valence-electron chi connectivity index (χ3n) is 2.41. The molecule has 0 saturated carbocycles. The number of nitrogens with one attached hydrogen (secondary N) is 2. The van der Waals surface area contributed by atoms with Gasteiger partial charge in [-0.2, -0.15) is 0 Å². The number of carbonyl (C=O) groups is 2. The van der Waals surface area contributed by atoms with Crippen LogP contribution in [-0.4, -0.2) is 31.0 Å². The van der Waals surface area contributed by atoms with Crippen LogP contribution >= 0.6 is 27.3 Å².